The third-order valence-corrected chi connectivity index (χ3v) is 4.54. The van der Waals surface area contributed by atoms with Crippen LogP contribution in [0.3, 0.4) is 0 Å². The standard InChI is InChI=1S/C15H30O/c1-4-7-13(3)15(16)11-6-9-14(8-5-2)10-12-15/h13-14,16H,4-12H2,1-3H3. The van der Waals surface area contributed by atoms with Gasteiger partial charge in [0.2, 0.25) is 0 Å². The van der Waals surface area contributed by atoms with Crippen molar-refractivity contribution in [3.63, 3.8) is 0 Å². The fraction of sp³-hybridized carbons (Fsp3) is 1.00. The van der Waals surface area contributed by atoms with Crippen LogP contribution in [0.2, 0.25) is 0 Å². The van der Waals surface area contributed by atoms with Gasteiger partial charge in [0.25, 0.3) is 0 Å². The number of hydrogen-bond donors (Lipinski definition) is 1. The summed E-state index contributed by atoms with van der Waals surface area (Å²) in [5, 5.41) is 10.7. The van der Waals surface area contributed by atoms with Gasteiger partial charge >= 0.3 is 0 Å². The first-order chi connectivity index (χ1) is 7.62. The minimum absolute atomic E-state index is 0.349. The molecule has 0 aromatic carbocycles. The monoisotopic (exact) mass is 226 g/mol. The van der Waals surface area contributed by atoms with Crippen molar-refractivity contribution in [3.05, 3.63) is 0 Å². The second-order valence-corrected chi connectivity index (χ2v) is 5.88. The van der Waals surface area contributed by atoms with E-state index in [2.05, 4.69) is 20.8 Å². The summed E-state index contributed by atoms with van der Waals surface area (Å²) in [5.41, 5.74) is -0.349. The molecule has 3 unspecified atom stereocenters. The molecule has 0 spiro atoms. The van der Waals surface area contributed by atoms with Crippen LogP contribution in [-0.4, -0.2) is 10.7 Å². The normalized spacial score (nSPS) is 33.4. The van der Waals surface area contributed by atoms with Crippen molar-refractivity contribution in [2.75, 3.05) is 0 Å². The lowest BCUT2D eigenvalue weighted by atomic mass is 9.79. The molecular weight excluding hydrogens is 196 g/mol. The van der Waals surface area contributed by atoms with Gasteiger partial charge in [-0.2, -0.15) is 0 Å². The number of hydrogen-bond acceptors (Lipinski definition) is 1. The molecule has 0 aromatic rings. The number of aliphatic hydroxyl groups is 1. The van der Waals surface area contributed by atoms with E-state index in [1.807, 2.05) is 0 Å². The molecule has 0 bridgehead atoms. The molecule has 0 saturated heterocycles. The van der Waals surface area contributed by atoms with Gasteiger partial charge in [0.1, 0.15) is 0 Å². The highest BCUT2D eigenvalue weighted by atomic mass is 16.3. The van der Waals surface area contributed by atoms with Crippen molar-refractivity contribution in [3.8, 4) is 0 Å². The summed E-state index contributed by atoms with van der Waals surface area (Å²) in [6.07, 6.45) is 10.9. The van der Waals surface area contributed by atoms with E-state index < -0.39 is 0 Å². The Balaban J connectivity index is 2.49. The van der Waals surface area contributed by atoms with Gasteiger partial charge in [-0.3, -0.25) is 0 Å². The predicted molar refractivity (Wildman–Crippen MR) is 70.5 cm³/mol. The molecule has 1 fully saturated rings. The first-order valence-corrected chi connectivity index (χ1v) is 7.34. The Morgan fingerprint density at radius 1 is 1.19 bits per heavy atom. The SMILES string of the molecule is CCCC1CCCC(O)(C(C)CCC)CC1. The summed E-state index contributed by atoms with van der Waals surface area (Å²) >= 11 is 0. The van der Waals surface area contributed by atoms with Crippen molar-refractivity contribution in [2.45, 2.75) is 84.2 Å². The van der Waals surface area contributed by atoms with Crippen molar-refractivity contribution in [2.24, 2.45) is 11.8 Å². The minimum Gasteiger partial charge on any atom is -0.390 e. The Morgan fingerprint density at radius 2 is 1.94 bits per heavy atom. The maximum absolute atomic E-state index is 10.7. The highest BCUT2D eigenvalue weighted by molar-refractivity contribution is 4.87. The van der Waals surface area contributed by atoms with Gasteiger partial charge in [0, 0.05) is 0 Å². The van der Waals surface area contributed by atoms with E-state index in [1.165, 1.54) is 44.9 Å². The summed E-state index contributed by atoms with van der Waals surface area (Å²) in [6.45, 7) is 6.73. The van der Waals surface area contributed by atoms with E-state index in [1.54, 1.807) is 0 Å². The molecular formula is C15H30O. The topological polar surface area (TPSA) is 20.2 Å². The van der Waals surface area contributed by atoms with Gasteiger partial charge in [-0.1, -0.05) is 52.9 Å². The third-order valence-electron chi connectivity index (χ3n) is 4.54. The lowest BCUT2D eigenvalue weighted by Crippen LogP contribution is -2.35. The smallest absolute Gasteiger partial charge is 0.0673 e. The third kappa shape index (κ3) is 3.76. The molecule has 1 heteroatoms. The zero-order valence-corrected chi connectivity index (χ0v) is 11.5. The Hall–Kier alpha value is -0.0400. The molecule has 0 amide bonds. The molecule has 1 aliphatic rings. The van der Waals surface area contributed by atoms with Gasteiger partial charge in [-0.15, -0.1) is 0 Å². The van der Waals surface area contributed by atoms with Crippen molar-refractivity contribution < 1.29 is 5.11 Å². The zero-order valence-electron chi connectivity index (χ0n) is 11.5. The first-order valence-electron chi connectivity index (χ1n) is 7.34. The van der Waals surface area contributed by atoms with Crippen molar-refractivity contribution >= 4 is 0 Å². The largest absolute Gasteiger partial charge is 0.390 e. The van der Waals surface area contributed by atoms with Crippen LogP contribution in [0.5, 0.6) is 0 Å². The Kier molecular flexibility index (Phi) is 5.82. The average Bonchev–Trinajstić information content (AvgIpc) is 2.43. The van der Waals surface area contributed by atoms with Gasteiger partial charge in [-0.25, -0.2) is 0 Å². The van der Waals surface area contributed by atoms with E-state index in [-0.39, 0.29) is 5.60 Å². The van der Waals surface area contributed by atoms with Crippen LogP contribution in [0, 0.1) is 11.8 Å². The Labute approximate surface area is 102 Å². The number of rotatable bonds is 5. The van der Waals surface area contributed by atoms with Gasteiger partial charge in [0.15, 0.2) is 0 Å². The fourth-order valence-corrected chi connectivity index (χ4v) is 3.31. The molecule has 0 aliphatic heterocycles. The van der Waals surface area contributed by atoms with Gasteiger partial charge in [0.05, 0.1) is 5.60 Å². The molecule has 0 heterocycles. The van der Waals surface area contributed by atoms with E-state index in [4.69, 9.17) is 0 Å². The molecule has 0 radical (unpaired) electrons. The second-order valence-electron chi connectivity index (χ2n) is 5.88. The molecule has 1 N–H and O–H groups in total. The Morgan fingerprint density at radius 3 is 2.56 bits per heavy atom. The van der Waals surface area contributed by atoms with Gasteiger partial charge < -0.3 is 5.11 Å². The van der Waals surface area contributed by atoms with Crippen LogP contribution in [0.4, 0.5) is 0 Å². The molecule has 3 atom stereocenters. The van der Waals surface area contributed by atoms with Crippen LogP contribution >= 0.6 is 0 Å². The summed E-state index contributed by atoms with van der Waals surface area (Å²) in [7, 11) is 0. The molecule has 1 saturated carbocycles. The van der Waals surface area contributed by atoms with Crippen LogP contribution < -0.4 is 0 Å². The molecule has 1 rings (SSSR count). The maximum Gasteiger partial charge on any atom is 0.0673 e. The van der Waals surface area contributed by atoms with Crippen LogP contribution in [0.15, 0.2) is 0 Å². The minimum atomic E-state index is -0.349. The summed E-state index contributed by atoms with van der Waals surface area (Å²) < 4.78 is 0. The first kappa shape index (κ1) is 14.0. The van der Waals surface area contributed by atoms with Gasteiger partial charge in [-0.05, 0) is 37.5 Å². The summed E-state index contributed by atoms with van der Waals surface area (Å²) in [5.74, 6) is 1.37. The van der Waals surface area contributed by atoms with E-state index in [0.29, 0.717) is 5.92 Å². The summed E-state index contributed by atoms with van der Waals surface area (Å²) in [6, 6.07) is 0. The maximum atomic E-state index is 10.7. The molecule has 96 valence electrons. The highest BCUT2D eigenvalue weighted by Crippen LogP contribution is 2.38. The zero-order chi connectivity index (χ0) is 12.0. The van der Waals surface area contributed by atoms with Crippen molar-refractivity contribution in [1.82, 2.24) is 0 Å². The van der Waals surface area contributed by atoms with Crippen LogP contribution in [0.25, 0.3) is 0 Å². The molecule has 0 aromatic heterocycles. The van der Waals surface area contributed by atoms with Crippen molar-refractivity contribution in [1.29, 1.82) is 0 Å². The predicted octanol–water partition coefficient (Wildman–Crippen LogP) is 4.53. The van der Waals surface area contributed by atoms with E-state index in [0.717, 1.165) is 18.8 Å². The van der Waals surface area contributed by atoms with Crippen LogP contribution in [0.1, 0.15) is 78.6 Å². The molecule has 16 heavy (non-hydrogen) atoms. The summed E-state index contributed by atoms with van der Waals surface area (Å²) in [4.78, 5) is 0. The van der Waals surface area contributed by atoms with E-state index in [9.17, 15) is 5.11 Å². The highest BCUT2D eigenvalue weighted by Gasteiger charge is 2.35. The average molecular weight is 226 g/mol. The second kappa shape index (κ2) is 6.64. The lowest BCUT2D eigenvalue weighted by molar-refractivity contribution is -0.0294. The quantitative estimate of drug-likeness (QED) is 0.683. The van der Waals surface area contributed by atoms with E-state index >= 15 is 0 Å². The lowest BCUT2D eigenvalue weighted by Gasteiger charge is -2.33. The molecule has 1 nitrogen and oxygen atoms in total. The van der Waals surface area contributed by atoms with Crippen LogP contribution in [-0.2, 0) is 0 Å². The molecule has 1 aliphatic carbocycles. The Bertz CT molecular complexity index is 190. The fourth-order valence-electron chi connectivity index (χ4n) is 3.31.